The molecule has 0 saturated carbocycles. The summed E-state index contributed by atoms with van der Waals surface area (Å²) in [5.74, 6) is -0.176. The van der Waals surface area contributed by atoms with E-state index in [-0.39, 0.29) is 17.6 Å². The average molecular weight is 394 g/mol. The zero-order valence-corrected chi connectivity index (χ0v) is 15.3. The maximum atomic E-state index is 12.7. The van der Waals surface area contributed by atoms with Gasteiger partial charge in [-0.25, -0.2) is 0 Å². The summed E-state index contributed by atoms with van der Waals surface area (Å²) < 4.78 is 0. The van der Waals surface area contributed by atoms with Gasteiger partial charge in [0.15, 0.2) is 0 Å². The molecule has 1 fully saturated rings. The second kappa shape index (κ2) is 8.03. The highest BCUT2D eigenvalue weighted by molar-refractivity contribution is 6.36. The lowest BCUT2D eigenvalue weighted by Crippen LogP contribution is -2.39. The Hall–Kier alpha value is -2.15. The van der Waals surface area contributed by atoms with E-state index >= 15 is 0 Å². The zero-order valence-electron chi connectivity index (χ0n) is 13.8. The van der Waals surface area contributed by atoms with Crippen LogP contribution in [-0.4, -0.2) is 28.3 Å². The minimum Gasteiger partial charge on any atom is -0.323 e. The fraction of sp³-hybridized carbons (Fsp3) is 0.278. The largest absolute Gasteiger partial charge is 0.323 e. The van der Waals surface area contributed by atoms with Gasteiger partial charge in [0.2, 0.25) is 5.91 Å². The minimum atomic E-state index is -0.395. The van der Waals surface area contributed by atoms with Gasteiger partial charge in [-0.1, -0.05) is 41.4 Å². The molecule has 1 N–H and O–H groups in total. The molecule has 0 spiro atoms. The number of nitro benzene ring substituents is 1. The van der Waals surface area contributed by atoms with Crippen molar-refractivity contribution in [1.29, 1.82) is 0 Å². The highest BCUT2D eigenvalue weighted by atomic mass is 35.5. The van der Waals surface area contributed by atoms with E-state index in [1.807, 2.05) is 4.90 Å². The number of likely N-dealkylation sites (tertiary alicyclic amines) is 1. The second-order valence-electron chi connectivity index (χ2n) is 6.13. The Morgan fingerprint density at radius 2 is 2.04 bits per heavy atom. The van der Waals surface area contributed by atoms with Crippen molar-refractivity contribution in [3.63, 3.8) is 0 Å². The third kappa shape index (κ3) is 4.15. The number of hydrogen-bond donors (Lipinski definition) is 1. The van der Waals surface area contributed by atoms with E-state index in [1.54, 1.807) is 36.4 Å². The highest BCUT2D eigenvalue weighted by Gasteiger charge is 2.32. The Morgan fingerprint density at radius 3 is 2.77 bits per heavy atom. The third-order valence-electron chi connectivity index (χ3n) is 4.42. The van der Waals surface area contributed by atoms with E-state index in [9.17, 15) is 14.9 Å². The molecular formula is C18H17Cl2N3O3. The molecule has 2 aromatic carbocycles. The van der Waals surface area contributed by atoms with E-state index in [2.05, 4.69) is 5.32 Å². The van der Waals surface area contributed by atoms with E-state index in [0.29, 0.717) is 40.8 Å². The average Bonchev–Trinajstić information content (AvgIpc) is 3.06. The van der Waals surface area contributed by atoms with Crippen molar-refractivity contribution in [1.82, 2.24) is 4.90 Å². The summed E-state index contributed by atoms with van der Waals surface area (Å²) in [5, 5.41) is 14.9. The number of benzene rings is 2. The van der Waals surface area contributed by atoms with Gasteiger partial charge in [-0.2, -0.15) is 0 Å². The van der Waals surface area contributed by atoms with Crippen LogP contribution in [-0.2, 0) is 11.3 Å². The zero-order chi connectivity index (χ0) is 18.7. The summed E-state index contributed by atoms with van der Waals surface area (Å²) in [6, 6.07) is 11.1. The number of nitrogens with one attached hydrogen (secondary N) is 1. The lowest BCUT2D eigenvalue weighted by Gasteiger charge is -2.23. The van der Waals surface area contributed by atoms with Crippen LogP contribution >= 0.6 is 23.2 Å². The van der Waals surface area contributed by atoms with Crippen LogP contribution in [0, 0.1) is 10.1 Å². The van der Waals surface area contributed by atoms with E-state index in [0.717, 1.165) is 6.42 Å². The third-order valence-corrected chi connectivity index (χ3v) is 4.96. The molecule has 1 amide bonds. The van der Waals surface area contributed by atoms with Crippen LogP contribution in [0.2, 0.25) is 10.0 Å². The molecule has 1 unspecified atom stereocenters. The Labute approximate surface area is 160 Å². The summed E-state index contributed by atoms with van der Waals surface area (Å²) in [6.45, 7) is 1.06. The van der Waals surface area contributed by atoms with E-state index < -0.39 is 4.92 Å². The van der Waals surface area contributed by atoms with Crippen molar-refractivity contribution in [2.45, 2.75) is 25.4 Å². The minimum absolute atomic E-state index is 0.0688. The number of anilines is 1. The topological polar surface area (TPSA) is 75.5 Å². The van der Waals surface area contributed by atoms with Gasteiger partial charge in [0.25, 0.3) is 5.69 Å². The van der Waals surface area contributed by atoms with E-state index in [1.165, 1.54) is 6.07 Å². The van der Waals surface area contributed by atoms with Crippen molar-refractivity contribution in [3.8, 4) is 0 Å². The molecular weight excluding hydrogens is 377 g/mol. The van der Waals surface area contributed by atoms with Gasteiger partial charge in [0.05, 0.1) is 21.7 Å². The first-order valence-electron chi connectivity index (χ1n) is 8.18. The molecule has 1 heterocycles. The van der Waals surface area contributed by atoms with Gasteiger partial charge in [-0.15, -0.1) is 0 Å². The van der Waals surface area contributed by atoms with Crippen molar-refractivity contribution >= 4 is 40.5 Å². The fourth-order valence-electron chi connectivity index (χ4n) is 3.16. The van der Waals surface area contributed by atoms with Crippen molar-refractivity contribution in [2.24, 2.45) is 0 Å². The number of nitrogens with zero attached hydrogens (tertiary/aromatic N) is 2. The predicted molar refractivity (Wildman–Crippen MR) is 102 cm³/mol. The predicted octanol–water partition coefficient (Wildman–Crippen LogP) is 4.50. The number of carbonyl (C=O) groups excluding carboxylic acids is 1. The molecule has 8 heteroatoms. The van der Waals surface area contributed by atoms with Gasteiger partial charge in [-0.3, -0.25) is 19.8 Å². The Morgan fingerprint density at radius 1 is 1.27 bits per heavy atom. The molecule has 6 nitrogen and oxygen atoms in total. The van der Waals surface area contributed by atoms with Crippen molar-refractivity contribution < 1.29 is 9.72 Å². The van der Waals surface area contributed by atoms with Crippen LogP contribution in [0.4, 0.5) is 11.4 Å². The normalized spacial score (nSPS) is 17.2. The van der Waals surface area contributed by atoms with Crippen molar-refractivity contribution in [3.05, 3.63) is 68.2 Å². The Kier molecular flexibility index (Phi) is 5.76. The van der Waals surface area contributed by atoms with Crippen molar-refractivity contribution in [2.75, 3.05) is 11.9 Å². The second-order valence-corrected chi connectivity index (χ2v) is 6.97. The Bertz CT molecular complexity index is 844. The first-order chi connectivity index (χ1) is 12.5. The molecule has 26 heavy (non-hydrogen) atoms. The molecule has 3 rings (SSSR count). The fourth-order valence-corrected chi connectivity index (χ4v) is 3.62. The standard InChI is InChI=1S/C18H17Cl2N3O3/c19-13-7-8-15(14(20)10-13)21-18(24)17-6-3-9-22(17)11-12-4-1-2-5-16(12)23(25)26/h1-2,4-5,7-8,10,17H,3,6,9,11H2,(H,21,24). The first kappa shape index (κ1) is 18.6. The Balaban J connectivity index is 1.74. The number of amides is 1. The molecule has 1 aliphatic heterocycles. The van der Waals surface area contributed by atoms with Crippen LogP contribution < -0.4 is 5.32 Å². The van der Waals surface area contributed by atoms with Crippen LogP contribution in [0.3, 0.4) is 0 Å². The number of rotatable bonds is 5. The summed E-state index contributed by atoms with van der Waals surface area (Å²) in [4.78, 5) is 25.5. The SMILES string of the molecule is O=C(Nc1ccc(Cl)cc1Cl)C1CCCN1Cc1ccccc1[N+](=O)[O-]. The smallest absolute Gasteiger partial charge is 0.273 e. The molecule has 0 aliphatic carbocycles. The van der Waals surface area contributed by atoms with Crippen LogP contribution in [0.25, 0.3) is 0 Å². The molecule has 1 saturated heterocycles. The number of para-hydroxylation sites is 1. The molecule has 0 radical (unpaired) electrons. The van der Waals surface area contributed by atoms with Crippen LogP contribution in [0.15, 0.2) is 42.5 Å². The monoisotopic (exact) mass is 393 g/mol. The van der Waals surface area contributed by atoms with E-state index in [4.69, 9.17) is 23.2 Å². The number of carbonyl (C=O) groups is 1. The molecule has 1 atom stereocenters. The summed E-state index contributed by atoms with van der Waals surface area (Å²) in [5.41, 5.74) is 1.17. The van der Waals surface area contributed by atoms with Crippen LogP contribution in [0.1, 0.15) is 18.4 Å². The summed E-state index contributed by atoms with van der Waals surface area (Å²) in [6.07, 6.45) is 1.55. The van der Waals surface area contributed by atoms with Gasteiger partial charge in [0, 0.05) is 23.2 Å². The maximum absolute atomic E-state index is 12.7. The first-order valence-corrected chi connectivity index (χ1v) is 8.93. The van der Waals surface area contributed by atoms with Crippen LogP contribution in [0.5, 0.6) is 0 Å². The molecule has 136 valence electrons. The van der Waals surface area contributed by atoms with Gasteiger partial charge in [0.1, 0.15) is 0 Å². The van der Waals surface area contributed by atoms with Gasteiger partial charge < -0.3 is 5.32 Å². The van der Waals surface area contributed by atoms with Gasteiger partial charge in [-0.05, 0) is 37.6 Å². The number of halogens is 2. The quantitative estimate of drug-likeness (QED) is 0.598. The van der Waals surface area contributed by atoms with Gasteiger partial charge >= 0.3 is 0 Å². The summed E-state index contributed by atoms with van der Waals surface area (Å²) in [7, 11) is 0. The molecule has 2 aromatic rings. The molecule has 0 bridgehead atoms. The number of hydrogen-bond acceptors (Lipinski definition) is 4. The highest BCUT2D eigenvalue weighted by Crippen LogP contribution is 2.28. The lowest BCUT2D eigenvalue weighted by atomic mass is 10.1. The lowest BCUT2D eigenvalue weighted by molar-refractivity contribution is -0.385. The molecule has 0 aromatic heterocycles. The molecule has 1 aliphatic rings. The summed E-state index contributed by atoms with van der Waals surface area (Å²) >= 11 is 12.0. The maximum Gasteiger partial charge on any atom is 0.273 e. The number of nitro groups is 1.